The molecule has 0 aliphatic carbocycles. The fourth-order valence-electron chi connectivity index (χ4n) is 0.886. The predicted octanol–water partition coefficient (Wildman–Crippen LogP) is -0.485. The molecule has 0 aromatic rings. The van der Waals surface area contributed by atoms with Crippen LogP contribution in [0.1, 0.15) is 6.42 Å². The lowest BCUT2D eigenvalue weighted by Crippen LogP contribution is -2.51. The molecule has 3 amide bonds. The molecule has 0 aliphatic heterocycles. The topological polar surface area (TPSA) is 122 Å². The van der Waals surface area contributed by atoms with Crippen molar-refractivity contribution in [2.75, 3.05) is 6.54 Å². The van der Waals surface area contributed by atoms with E-state index >= 15 is 0 Å². The minimum absolute atomic E-state index is 0.770. The zero-order valence-electron chi connectivity index (χ0n) is 9.33. The summed E-state index contributed by atoms with van der Waals surface area (Å²) in [5, 5.41) is 11.6. The van der Waals surface area contributed by atoms with Gasteiger partial charge < -0.3 is 21.5 Å². The highest BCUT2D eigenvalue weighted by atomic mass is 19.3. The van der Waals surface area contributed by atoms with Gasteiger partial charge in [-0.3, -0.25) is 4.79 Å². The smallest absolute Gasteiger partial charge is 0.326 e. The average molecular weight is 289 g/mol. The van der Waals surface area contributed by atoms with Gasteiger partial charge in [-0.25, -0.2) is 18.4 Å². The third kappa shape index (κ3) is 6.43. The van der Waals surface area contributed by atoms with E-state index in [-0.39, 0.29) is 0 Å². The maximum atomic E-state index is 12.4. The zero-order valence-corrected chi connectivity index (χ0v) is 9.33. The molecule has 0 aliphatic rings. The van der Waals surface area contributed by atoms with Crippen LogP contribution in [0.15, 0.2) is 0 Å². The lowest BCUT2D eigenvalue weighted by atomic mass is 10.2. The Morgan fingerprint density at radius 2 is 1.79 bits per heavy atom. The Balaban J connectivity index is 4.36. The lowest BCUT2D eigenvalue weighted by Gasteiger charge is -2.17. The number of aliphatic carboxylic acids is 1. The van der Waals surface area contributed by atoms with Crippen LogP contribution in [0.25, 0.3) is 0 Å². The van der Waals surface area contributed by atoms with Crippen molar-refractivity contribution in [1.82, 2.24) is 10.6 Å². The van der Waals surface area contributed by atoms with Gasteiger partial charge in [0.05, 0.1) is 13.0 Å². The van der Waals surface area contributed by atoms with Crippen molar-refractivity contribution in [2.45, 2.75) is 24.8 Å². The molecule has 11 heteroatoms. The number of urea groups is 1. The first-order valence-electron chi connectivity index (χ1n) is 4.77. The number of halogens is 4. The van der Waals surface area contributed by atoms with Crippen molar-refractivity contribution in [3.8, 4) is 0 Å². The van der Waals surface area contributed by atoms with E-state index in [4.69, 9.17) is 10.8 Å². The Labute approximate surface area is 104 Å². The van der Waals surface area contributed by atoms with E-state index in [1.165, 1.54) is 5.32 Å². The Morgan fingerprint density at radius 1 is 1.26 bits per heavy atom. The Hall–Kier alpha value is -2.07. The summed E-state index contributed by atoms with van der Waals surface area (Å²) in [4.78, 5) is 32.0. The molecule has 0 bridgehead atoms. The number of nitrogens with two attached hydrogens (primary N) is 1. The highest BCUT2D eigenvalue weighted by molar-refractivity contribution is 5.87. The number of nitrogens with one attached hydrogen (secondary N) is 2. The second-order valence-electron chi connectivity index (χ2n) is 3.45. The monoisotopic (exact) mass is 289 g/mol. The van der Waals surface area contributed by atoms with Crippen LogP contribution in [0.4, 0.5) is 22.4 Å². The van der Waals surface area contributed by atoms with Crippen LogP contribution in [-0.2, 0) is 9.59 Å². The Morgan fingerprint density at radius 3 is 2.16 bits per heavy atom. The molecule has 19 heavy (non-hydrogen) atoms. The molecule has 0 heterocycles. The minimum atomic E-state index is -4.44. The summed E-state index contributed by atoms with van der Waals surface area (Å²) < 4.78 is 48.4. The van der Waals surface area contributed by atoms with Crippen LogP contribution in [-0.4, -0.2) is 47.9 Å². The standard InChI is InChI=1S/C8H11F4N3O4/c9-6(10)8(11,12)2-14-7(19)15-3(5(17)18)1-4(13)16/h3,6H,1-2H2,(H2,13,16)(H,17,18)(H2,14,15,19). The van der Waals surface area contributed by atoms with Crippen molar-refractivity contribution in [3.63, 3.8) is 0 Å². The number of carbonyl (C=O) groups is 3. The first-order chi connectivity index (χ1) is 8.56. The number of carbonyl (C=O) groups excluding carboxylic acids is 2. The maximum absolute atomic E-state index is 12.4. The second-order valence-corrected chi connectivity index (χ2v) is 3.45. The van der Waals surface area contributed by atoms with Gasteiger partial charge in [-0.1, -0.05) is 0 Å². The molecular formula is C8H11F4N3O4. The van der Waals surface area contributed by atoms with E-state index < -0.39 is 49.3 Å². The summed E-state index contributed by atoms with van der Waals surface area (Å²) in [7, 11) is 0. The van der Waals surface area contributed by atoms with Crippen molar-refractivity contribution in [3.05, 3.63) is 0 Å². The van der Waals surface area contributed by atoms with Gasteiger partial charge in [-0.15, -0.1) is 0 Å². The van der Waals surface area contributed by atoms with Crippen molar-refractivity contribution < 1.29 is 37.1 Å². The molecule has 5 N–H and O–H groups in total. The highest BCUT2D eigenvalue weighted by Crippen LogP contribution is 2.21. The number of amides is 3. The number of carboxylic acids is 1. The summed E-state index contributed by atoms with van der Waals surface area (Å²) in [6.45, 7) is -1.68. The van der Waals surface area contributed by atoms with Gasteiger partial charge in [0, 0.05) is 0 Å². The van der Waals surface area contributed by atoms with Crippen LogP contribution in [0.2, 0.25) is 0 Å². The molecule has 0 saturated heterocycles. The molecule has 0 fully saturated rings. The van der Waals surface area contributed by atoms with Gasteiger partial charge in [-0.05, 0) is 0 Å². The van der Waals surface area contributed by atoms with Crippen LogP contribution in [0.5, 0.6) is 0 Å². The quantitative estimate of drug-likeness (QED) is 0.473. The number of hydrogen-bond donors (Lipinski definition) is 4. The van der Waals surface area contributed by atoms with Gasteiger partial charge in [0.15, 0.2) is 0 Å². The third-order valence-corrected chi connectivity index (χ3v) is 1.81. The zero-order chi connectivity index (χ0) is 15.2. The average Bonchev–Trinajstić information content (AvgIpc) is 2.24. The number of primary amides is 1. The lowest BCUT2D eigenvalue weighted by molar-refractivity contribution is -0.140. The first-order valence-corrected chi connectivity index (χ1v) is 4.77. The van der Waals surface area contributed by atoms with E-state index in [2.05, 4.69) is 0 Å². The fraction of sp³-hybridized carbons (Fsp3) is 0.625. The van der Waals surface area contributed by atoms with Crippen molar-refractivity contribution >= 4 is 17.9 Å². The second kappa shape index (κ2) is 6.75. The summed E-state index contributed by atoms with van der Waals surface area (Å²) in [5.74, 6) is -7.13. The first kappa shape index (κ1) is 16.9. The summed E-state index contributed by atoms with van der Waals surface area (Å²) in [6, 6.07) is -3.17. The third-order valence-electron chi connectivity index (χ3n) is 1.81. The van der Waals surface area contributed by atoms with Gasteiger partial charge in [0.25, 0.3) is 0 Å². The largest absolute Gasteiger partial charge is 0.480 e. The fourth-order valence-corrected chi connectivity index (χ4v) is 0.886. The molecule has 0 rings (SSSR count). The number of alkyl halides is 4. The normalized spacial score (nSPS) is 12.9. The van der Waals surface area contributed by atoms with Crippen LogP contribution in [0.3, 0.4) is 0 Å². The Bertz CT molecular complexity index is 364. The van der Waals surface area contributed by atoms with E-state index in [1.807, 2.05) is 0 Å². The molecule has 110 valence electrons. The Kier molecular flexibility index (Phi) is 6.02. The maximum Gasteiger partial charge on any atom is 0.326 e. The molecule has 0 aromatic heterocycles. The van der Waals surface area contributed by atoms with E-state index in [1.54, 1.807) is 5.32 Å². The van der Waals surface area contributed by atoms with Crippen LogP contribution >= 0.6 is 0 Å². The molecule has 0 aromatic carbocycles. The molecule has 1 unspecified atom stereocenters. The van der Waals surface area contributed by atoms with Gasteiger partial charge in [0.1, 0.15) is 6.04 Å². The molecule has 0 radical (unpaired) electrons. The van der Waals surface area contributed by atoms with Gasteiger partial charge in [-0.2, -0.15) is 8.78 Å². The molecule has 1 atom stereocenters. The van der Waals surface area contributed by atoms with Gasteiger partial charge in [0.2, 0.25) is 5.91 Å². The van der Waals surface area contributed by atoms with Crippen LogP contribution < -0.4 is 16.4 Å². The van der Waals surface area contributed by atoms with Gasteiger partial charge >= 0.3 is 24.3 Å². The molecule has 0 spiro atoms. The van der Waals surface area contributed by atoms with Crippen LogP contribution in [0, 0.1) is 0 Å². The number of rotatable bonds is 7. The molecule has 7 nitrogen and oxygen atoms in total. The predicted molar refractivity (Wildman–Crippen MR) is 52.7 cm³/mol. The summed E-state index contributed by atoms with van der Waals surface area (Å²) in [5.41, 5.74) is 4.70. The van der Waals surface area contributed by atoms with Crippen molar-refractivity contribution in [2.24, 2.45) is 5.73 Å². The van der Waals surface area contributed by atoms with E-state index in [0.717, 1.165) is 0 Å². The van der Waals surface area contributed by atoms with E-state index in [0.29, 0.717) is 0 Å². The summed E-state index contributed by atoms with van der Waals surface area (Å²) >= 11 is 0. The highest BCUT2D eigenvalue weighted by Gasteiger charge is 2.41. The SMILES string of the molecule is NC(=O)CC(NC(=O)NCC(F)(F)C(F)F)C(=O)O. The summed E-state index contributed by atoms with van der Waals surface area (Å²) in [6.07, 6.45) is -4.75. The van der Waals surface area contributed by atoms with E-state index in [9.17, 15) is 31.9 Å². The minimum Gasteiger partial charge on any atom is -0.480 e. The molecule has 0 saturated carbocycles. The van der Waals surface area contributed by atoms with Crippen molar-refractivity contribution in [1.29, 1.82) is 0 Å². The number of carboxylic acid groups (broad SMARTS) is 1. The number of hydrogen-bond acceptors (Lipinski definition) is 3. The molecular weight excluding hydrogens is 278 g/mol.